The van der Waals surface area contributed by atoms with E-state index in [1.54, 1.807) is 10.7 Å². The van der Waals surface area contributed by atoms with Gasteiger partial charge in [-0.25, -0.2) is 8.78 Å². The number of hydrogen-bond acceptors (Lipinski definition) is 2. The summed E-state index contributed by atoms with van der Waals surface area (Å²) in [5.41, 5.74) is 5.46. The van der Waals surface area contributed by atoms with Crippen LogP contribution in [0.15, 0.2) is 12.3 Å². The highest BCUT2D eigenvalue weighted by Gasteiger charge is 2.28. The fraction of sp³-hybridized carbons (Fsp3) is 0.625. The van der Waals surface area contributed by atoms with Crippen LogP contribution in [0.5, 0.6) is 0 Å². The van der Waals surface area contributed by atoms with Crippen LogP contribution < -0.4 is 5.73 Å². The van der Waals surface area contributed by atoms with Gasteiger partial charge in [-0.05, 0) is 13.0 Å². The predicted molar refractivity (Wildman–Crippen MR) is 45.6 cm³/mol. The van der Waals surface area contributed by atoms with E-state index in [0.717, 1.165) is 0 Å². The zero-order valence-corrected chi connectivity index (χ0v) is 7.50. The molecule has 5 heteroatoms. The van der Waals surface area contributed by atoms with E-state index in [9.17, 15) is 8.78 Å². The van der Waals surface area contributed by atoms with Gasteiger partial charge in [-0.1, -0.05) is 0 Å². The standard InChI is InChI=1S/C8H13F2N3/c1-2-13-7(3-4-12-13)5-8(9,10)6-11/h3-4H,2,5-6,11H2,1H3. The average molecular weight is 189 g/mol. The Bertz CT molecular complexity index is 270. The molecule has 0 saturated heterocycles. The molecular formula is C8H13F2N3. The van der Waals surface area contributed by atoms with Crippen LogP contribution in [0.3, 0.4) is 0 Å². The second-order valence-corrected chi connectivity index (χ2v) is 2.88. The van der Waals surface area contributed by atoms with Gasteiger partial charge >= 0.3 is 0 Å². The van der Waals surface area contributed by atoms with Crippen molar-refractivity contribution in [2.24, 2.45) is 5.73 Å². The molecule has 0 aliphatic rings. The number of hydrogen-bond donors (Lipinski definition) is 1. The van der Waals surface area contributed by atoms with Gasteiger partial charge in [0, 0.05) is 18.4 Å². The smallest absolute Gasteiger partial charge is 0.265 e. The molecule has 0 atom stereocenters. The third kappa shape index (κ3) is 2.48. The predicted octanol–water partition coefficient (Wildman–Crippen LogP) is 1.04. The zero-order valence-electron chi connectivity index (χ0n) is 7.50. The molecule has 0 amide bonds. The van der Waals surface area contributed by atoms with E-state index in [1.165, 1.54) is 6.20 Å². The molecule has 0 aliphatic carbocycles. The van der Waals surface area contributed by atoms with Crippen molar-refractivity contribution in [1.82, 2.24) is 9.78 Å². The maximum absolute atomic E-state index is 12.9. The first-order chi connectivity index (χ1) is 6.09. The number of alkyl halides is 2. The fourth-order valence-corrected chi connectivity index (χ4v) is 1.13. The molecule has 0 unspecified atom stereocenters. The maximum Gasteiger partial charge on any atom is 0.265 e. The van der Waals surface area contributed by atoms with E-state index in [-0.39, 0.29) is 6.42 Å². The summed E-state index contributed by atoms with van der Waals surface area (Å²) in [4.78, 5) is 0. The summed E-state index contributed by atoms with van der Waals surface area (Å²) in [7, 11) is 0. The molecule has 1 heterocycles. The minimum atomic E-state index is -2.83. The first-order valence-corrected chi connectivity index (χ1v) is 4.17. The lowest BCUT2D eigenvalue weighted by Gasteiger charge is -2.13. The molecule has 74 valence electrons. The molecule has 3 nitrogen and oxygen atoms in total. The molecule has 0 bridgehead atoms. The van der Waals surface area contributed by atoms with Crippen LogP contribution in [0.4, 0.5) is 8.78 Å². The number of halogens is 2. The summed E-state index contributed by atoms with van der Waals surface area (Å²) in [5, 5.41) is 3.90. The van der Waals surface area contributed by atoms with Gasteiger partial charge in [0.25, 0.3) is 5.92 Å². The van der Waals surface area contributed by atoms with E-state index in [0.29, 0.717) is 12.2 Å². The second-order valence-electron chi connectivity index (χ2n) is 2.88. The molecule has 0 spiro atoms. The van der Waals surface area contributed by atoms with Crippen molar-refractivity contribution in [2.45, 2.75) is 25.8 Å². The van der Waals surface area contributed by atoms with Crippen LogP contribution in [0.2, 0.25) is 0 Å². The van der Waals surface area contributed by atoms with Crippen molar-refractivity contribution in [3.05, 3.63) is 18.0 Å². The molecule has 1 rings (SSSR count). The van der Waals surface area contributed by atoms with Gasteiger partial charge in [0.05, 0.1) is 13.0 Å². The lowest BCUT2D eigenvalue weighted by molar-refractivity contribution is 0.00952. The third-order valence-corrected chi connectivity index (χ3v) is 1.84. The number of aryl methyl sites for hydroxylation is 1. The summed E-state index contributed by atoms with van der Waals surface area (Å²) in [5.74, 6) is -2.83. The Balaban J connectivity index is 2.73. The van der Waals surface area contributed by atoms with Crippen LogP contribution in [-0.2, 0) is 13.0 Å². The molecule has 13 heavy (non-hydrogen) atoms. The Hall–Kier alpha value is -0.970. The zero-order chi connectivity index (χ0) is 9.90. The van der Waals surface area contributed by atoms with E-state index in [4.69, 9.17) is 5.73 Å². The highest BCUT2D eigenvalue weighted by atomic mass is 19.3. The molecule has 1 aromatic heterocycles. The third-order valence-electron chi connectivity index (χ3n) is 1.84. The summed E-state index contributed by atoms with van der Waals surface area (Å²) >= 11 is 0. The first-order valence-electron chi connectivity index (χ1n) is 4.17. The van der Waals surface area contributed by atoms with Gasteiger partial charge in [-0.15, -0.1) is 0 Å². The summed E-state index contributed by atoms with van der Waals surface area (Å²) in [6.07, 6.45) is 1.18. The van der Waals surface area contributed by atoms with E-state index in [2.05, 4.69) is 5.10 Å². The van der Waals surface area contributed by atoms with E-state index >= 15 is 0 Å². The van der Waals surface area contributed by atoms with Gasteiger partial charge in [0.2, 0.25) is 0 Å². The summed E-state index contributed by atoms with van der Waals surface area (Å²) < 4.78 is 27.3. The Morgan fingerprint density at radius 3 is 2.85 bits per heavy atom. The van der Waals surface area contributed by atoms with Crippen molar-refractivity contribution in [3.63, 3.8) is 0 Å². The molecule has 1 aromatic rings. The Morgan fingerprint density at radius 1 is 1.62 bits per heavy atom. The van der Waals surface area contributed by atoms with Gasteiger partial charge in [0.1, 0.15) is 0 Å². The average Bonchev–Trinajstić information content (AvgIpc) is 2.51. The van der Waals surface area contributed by atoms with Crippen molar-refractivity contribution in [3.8, 4) is 0 Å². The van der Waals surface area contributed by atoms with Crippen molar-refractivity contribution in [1.29, 1.82) is 0 Å². The van der Waals surface area contributed by atoms with Crippen LogP contribution in [0, 0.1) is 0 Å². The number of nitrogens with two attached hydrogens (primary N) is 1. The lowest BCUT2D eigenvalue weighted by Crippen LogP contribution is -2.31. The highest BCUT2D eigenvalue weighted by molar-refractivity contribution is 5.03. The highest BCUT2D eigenvalue weighted by Crippen LogP contribution is 2.18. The van der Waals surface area contributed by atoms with Crippen LogP contribution in [0.25, 0.3) is 0 Å². The maximum atomic E-state index is 12.9. The van der Waals surface area contributed by atoms with E-state index < -0.39 is 12.5 Å². The van der Waals surface area contributed by atoms with Crippen LogP contribution >= 0.6 is 0 Å². The second kappa shape index (κ2) is 3.83. The monoisotopic (exact) mass is 189 g/mol. The Labute approximate surface area is 75.5 Å². The minimum Gasteiger partial charge on any atom is -0.325 e. The van der Waals surface area contributed by atoms with Gasteiger partial charge < -0.3 is 5.73 Å². The number of rotatable bonds is 4. The summed E-state index contributed by atoms with van der Waals surface area (Å²) in [6, 6.07) is 1.59. The lowest BCUT2D eigenvalue weighted by atomic mass is 10.2. The van der Waals surface area contributed by atoms with Gasteiger partial charge in [0.15, 0.2) is 0 Å². The van der Waals surface area contributed by atoms with Gasteiger partial charge in [-0.2, -0.15) is 5.10 Å². The molecule has 0 saturated carbocycles. The largest absolute Gasteiger partial charge is 0.325 e. The number of aromatic nitrogens is 2. The topological polar surface area (TPSA) is 43.8 Å². The molecule has 0 fully saturated rings. The molecule has 0 aliphatic heterocycles. The Morgan fingerprint density at radius 2 is 2.31 bits per heavy atom. The molecule has 2 N–H and O–H groups in total. The quantitative estimate of drug-likeness (QED) is 0.769. The SMILES string of the molecule is CCn1nccc1CC(F)(F)CN. The van der Waals surface area contributed by atoms with Crippen molar-refractivity contribution in [2.75, 3.05) is 6.54 Å². The van der Waals surface area contributed by atoms with Crippen LogP contribution in [-0.4, -0.2) is 22.2 Å². The van der Waals surface area contributed by atoms with E-state index in [1.807, 2.05) is 6.92 Å². The van der Waals surface area contributed by atoms with Crippen molar-refractivity contribution >= 4 is 0 Å². The number of nitrogens with zero attached hydrogens (tertiary/aromatic N) is 2. The normalized spacial score (nSPS) is 12.0. The first kappa shape index (κ1) is 10.1. The molecule has 0 aromatic carbocycles. The Kier molecular flexibility index (Phi) is 2.98. The fourth-order valence-electron chi connectivity index (χ4n) is 1.13. The van der Waals surface area contributed by atoms with Crippen molar-refractivity contribution < 1.29 is 8.78 Å². The van der Waals surface area contributed by atoms with Crippen LogP contribution in [0.1, 0.15) is 12.6 Å². The molecular weight excluding hydrogens is 176 g/mol. The minimum absolute atomic E-state index is 0.336. The van der Waals surface area contributed by atoms with Gasteiger partial charge in [-0.3, -0.25) is 4.68 Å². The molecule has 0 radical (unpaired) electrons. The summed E-state index contributed by atoms with van der Waals surface area (Å²) in [6.45, 7) is 1.84.